The van der Waals surface area contributed by atoms with Crippen LogP contribution < -0.4 is 10.2 Å². The summed E-state index contributed by atoms with van der Waals surface area (Å²) in [7, 11) is 1.36. The summed E-state index contributed by atoms with van der Waals surface area (Å²) >= 11 is 5.68. The highest BCUT2D eigenvalue weighted by Gasteiger charge is 2.04. The maximum absolute atomic E-state index is 11.4. The monoisotopic (exact) mass is 396 g/mol. The highest BCUT2D eigenvalue weighted by atomic mass is 35.5. The van der Waals surface area contributed by atoms with E-state index in [-0.39, 0.29) is 5.97 Å². The van der Waals surface area contributed by atoms with Crippen LogP contribution in [0.4, 0.5) is 5.82 Å². The quantitative estimate of drug-likeness (QED) is 0.370. The minimum atomic E-state index is -0.359. The fourth-order valence-corrected chi connectivity index (χ4v) is 2.32. The zero-order chi connectivity index (χ0) is 19.8. The number of carbonyl (C=O) groups excluding carboxylic acids is 1. The van der Waals surface area contributed by atoms with Crippen LogP contribution in [0, 0.1) is 0 Å². The summed E-state index contributed by atoms with van der Waals surface area (Å²) < 4.78 is 10.4. The van der Waals surface area contributed by atoms with Gasteiger partial charge in [-0.1, -0.05) is 23.7 Å². The number of hydrogen-bond acceptors (Lipinski definition) is 7. The number of aromatic nitrogens is 2. The highest BCUT2D eigenvalue weighted by Crippen LogP contribution is 2.14. The molecule has 8 heteroatoms. The Morgan fingerprint density at radius 2 is 1.82 bits per heavy atom. The Bertz CT molecular complexity index is 943. The maximum Gasteiger partial charge on any atom is 0.337 e. The van der Waals surface area contributed by atoms with E-state index in [4.69, 9.17) is 16.3 Å². The van der Waals surface area contributed by atoms with Crippen molar-refractivity contribution in [1.82, 2.24) is 10.2 Å². The summed E-state index contributed by atoms with van der Waals surface area (Å²) in [6.07, 6.45) is 1.66. The second-order valence-electron chi connectivity index (χ2n) is 5.66. The molecule has 0 bridgehead atoms. The van der Waals surface area contributed by atoms with Crippen molar-refractivity contribution in [3.8, 4) is 5.75 Å². The zero-order valence-corrected chi connectivity index (χ0v) is 15.8. The number of ether oxygens (including phenoxy) is 2. The second kappa shape index (κ2) is 9.48. The maximum atomic E-state index is 11.4. The van der Waals surface area contributed by atoms with Crippen LogP contribution in [0.15, 0.2) is 65.8 Å². The van der Waals surface area contributed by atoms with Crippen molar-refractivity contribution in [1.29, 1.82) is 0 Å². The molecule has 7 nitrogen and oxygen atoms in total. The second-order valence-corrected chi connectivity index (χ2v) is 6.04. The lowest BCUT2D eigenvalue weighted by Crippen LogP contribution is -2.02. The molecule has 0 saturated carbocycles. The smallest absolute Gasteiger partial charge is 0.337 e. The average molecular weight is 397 g/mol. The Balaban J connectivity index is 1.50. The van der Waals surface area contributed by atoms with E-state index < -0.39 is 0 Å². The van der Waals surface area contributed by atoms with Crippen molar-refractivity contribution in [2.45, 2.75) is 6.61 Å². The SMILES string of the molecule is COC(=O)c1ccc(COc2ccc(/C=N\Nc3ccc(Cl)nn3)cc2)cc1. The number of esters is 1. The molecule has 1 aromatic heterocycles. The molecule has 0 aliphatic heterocycles. The highest BCUT2D eigenvalue weighted by molar-refractivity contribution is 6.29. The first-order chi connectivity index (χ1) is 13.6. The molecular weight excluding hydrogens is 380 g/mol. The normalized spacial score (nSPS) is 10.6. The number of nitrogens with zero attached hydrogens (tertiary/aromatic N) is 3. The summed E-state index contributed by atoms with van der Waals surface area (Å²) in [6, 6.07) is 17.9. The van der Waals surface area contributed by atoms with Crippen LogP contribution in [0.2, 0.25) is 5.15 Å². The number of nitrogens with one attached hydrogen (secondary N) is 1. The molecule has 0 radical (unpaired) electrons. The third-order valence-electron chi connectivity index (χ3n) is 3.69. The van der Waals surface area contributed by atoms with E-state index in [9.17, 15) is 4.79 Å². The average Bonchev–Trinajstić information content (AvgIpc) is 2.74. The van der Waals surface area contributed by atoms with Gasteiger partial charge in [0.05, 0.1) is 18.9 Å². The molecule has 0 atom stereocenters. The van der Waals surface area contributed by atoms with Gasteiger partial charge in [-0.3, -0.25) is 5.43 Å². The van der Waals surface area contributed by atoms with E-state index in [1.807, 2.05) is 36.4 Å². The molecule has 0 saturated heterocycles. The first-order valence-corrected chi connectivity index (χ1v) is 8.70. The van der Waals surface area contributed by atoms with Crippen molar-refractivity contribution in [2.24, 2.45) is 5.10 Å². The predicted octanol–water partition coefficient (Wildman–Crippen LogP) is 3.94. The van der Waals surface area contributed by atoms with Crippen LogP contribution in [0.5, 0.6) is 5.75 Å². The van der Waals surface area contributed by atoms with Crippen LogP contribution >= 0.6 is 11.6 Å². The molecule has 28 heavy (non-hydrogen) atoms. The van der Waals surface area contributed by atoms with Crippen molar-refractivity contribution in [2.75, 3.05) is 12.5 Å². The van der Waals surface area contributed by atoms with Gasteiger partial charge in [-0.15, -0.1) is 10.2 Å². The van der Waals surface area contributed by atoms with Gasteiger partial charge in [0.2, 0.25) is 0 Å². The summed E-state index contributed by atoms with van der Waals surface area (Å²) in [6.45, 7) is 0.395. The molecule has 3 aromatic rings. The molecule has 0 aliphatic carbocycles. The largest absolute Gasteiger partial charge is 0.489 e. The van der Waals surface area contributed by atoms with Crippen molar-refractivity contribution >= 4 is 29.6 Å². The van der Waals surface area contributed by atoms with Crippen molar-refractivity contribution in [3.05, 3.63) is 82.5 Å². The Morgan fingerprint density at radius 3 is 2.46 bits per heavy atom. The number of methoxy groups -OCH3 is 1. The van der Waals surface area contributed by atoms with Gasteiger partial charge >= 0.3 is 5.97 Å². The molecular formula is C20H17ClN4O3. The third-order valence-corrected chi connectivity index (χ3v) is 3.89. The number of benzene rings is 2. The van der Waals surface area contributed by atoms with Crippen molar-refractivity contribution < 1.29 is 14.3 Å². The minimum absolute atomic E-state index is 0.324. The lowest BCUT2D eigenvalue weighted by atomic mass is 10.1. The van der Waals surface area contributed by atoms with Gasteiger partial charge < -0.3 is 9.47 Å². The first kappa shape index (κ1) is 19.3. The third kappa shape index (κ3) is 5.52. The van der Waals surface area contributed by atoms with E-state index >= 15 is 0 Å². The predicted molar refractivity (Wildman–Crippen MR) is 107 cm³/mol. The van der Waals surface area contributed by atoms with Gasteiger partial charge in [0, 0.05) is 0 Å². The standard InChI is InChI=1S/C20H17ClN4O3/c1-27-20(26)16-6-2-15(3-7-16)13-28-17-8-4-14(5-9-17)12-22-24-19-11-10-18(21)23-25-19/h2-12H,13H2,1H3,(H,24,25)/b22-12-. The van der Waals surface area contributed by atoms with E-state index in [2.05, 4.69) is 25.5 Å². The Morgan fingerprint density at radius 1 is 1.07 bits per heavy atom. The summed E-state index contributed by atoms with van der Waals surface area (Å²) in [5, 5.41) is 12.0. The minimum Gasteiger partial charge on any atom is -0.489 e. The lowest BCUT2D eigenvalue weighted by Gasteiger charge is -2.07. The molecule has 3 rings (SSSR count). The van der Waals surface area contributed by atoms with Gasteiger partial charge in [0.1, 0.15) is 12.4 Å². The van der Waals surface area contributed by atoms with Crippen LogP contribution in [0.3, 0.4) is 0 Å². The van der Waals surface area contributed by atoms with Gasteiger partial charge in [-0.25, -0.2) is 4.79 Å². The number of carbonyl (C=O) groups is 1. The lowest BCUT2D eigenvalue weighted by molar-refractivity contribution is 0.0600. The summed E-state index contributed by atoms with van der Waals surface area (Å²) in [5.41, 5.74) is 5.12. The molecule has 2 aromatic carbocycles. The van der Waals surface area contributed by atoms with Gasteiger partial charge in [-0.2, -0.15) is 5.10 Å². The van der Waals surface area contributed by atoms with Gasteiger partial charge in [0.15, 0.2) is 11.0 Å². The fourth-order valence-electron chi connectivity index (χ4n) is 2.22. The number of hydrazone groups is 1. The molecule has 1 heterocycles. The van der Waals surface area contributed by atoms with Crippen LogP contribution in [0.25, 0.3) is 0 Å². The Kier molecular flexibility index (Phi) is 6.54. The molecule has 0 spiro atoms. The van der Waals surface area contributed by atoms with Gasteiger partial charge in [0.25, 0.3) is 0 Å². The first-order valence-electron chi connectivity index (χ1n) is 8.32. The van der Waals surface area contributed by atoms with Crippen LogP contribution in [0.1, 0.15) is 21.5 Å². The molecule has 1 N–H and O–H groups in total. The van der Waals surface area contributed by atoms with E-state index in [1.54, 1.807) is 30.5 Å². The molecule has 0 aliphatic rings. The Hall–Kier alpha value is -3.45. The molecule has 142 valence electrons. The van der Waals surface area contributed by atoms with Crippen molar-refractivity contribution in [3.63, 3.8) is 0 Å². The fraction of sp³-hybridized carbons (Fsp3) is 0.100. The van der Waals surface area contributed by atoms with E-state index in [0.717, 1.165) is 16.9 Å². The number of hydrogen-bond donors (Lipinski definition) is 1. The summed E-state index contributed by atoms with van der Waals surface area (Å²) in [4.78, 5) is 11.4. The summed E-state index contributed by atoms with van der Waals surface area (Å²) in [5.74, 6) is 0.867. The zero-order valence-electron chi connectivity index (χ0n) is 15.0. The van der Waals surface area contributed by atoms with E-state index in [1.165, 1.54) is 7.11 Å². The van der Waals surface area contributed by atoms with E-state index in [0.29, 0.717) is 23.1 Å². The molecule has 0 unspecified atom stereocenters. The number of rotatable bonds is 7. The number of halogens is 1. The topological polar surface area (TPSA) is 85.7 Å². The molecule has 0 amide bonds. The van der Waals surface area contributed by atoms with Crippen LogP contribution in [-0.2, 0) is 11.3 Å². The van der Waals surface area contributed by atoms with Crippen LogP contribution in [-0.4, -0.2) is 29.5 Å². The Labute approximate surface area is 167 Å². The van der Waals surface area contributed by atoms with Gasteiger partial charge in [-0.05, 0) is 59.7 Å². The molecule has 0 fully saturated rings. The number of anilines is 1.